The topological polar surface area (TPSA) is 102 Å². The van der Waals surface area contributed by atoms with Crippen molar-refractivity contribution in [2.75, 3.05) is 40.1 Å². The van der Waals surface area contributed by atoms with Crippen molar-refractivity contribution < 1.29 is 23.8 Å². The molecule has 1 aromatic rings. The molecule has 196 valence electrons. The summed E-state index contributed by atoms with van der Waals surface area (Å²) < 4.78 is 16.5. The Balaban J connectivity index is 1.85. The number of terminal acetylenes is 1. The van der Waals surface area contributed by atoms with Crippen LogP contribution in [-0.2, 0) is 19.1 Å². The number of nitrogens with zero attached hydrogens (tertiary/aromatic N) is 3. The molecule has 2 amide bonds. The highest BCUT2D eigenvalue weighted by Gasteiger charge is 2.48. The first-order valence-corrected chi connectivity index (χ1v) is 12.7. The molecule has 1 aromatic carbocycles. The SMILES string of the molecule is C#CCCC1(CCC(=O)N(C(C(=O)NCCOCC)c2ccccc2OCCOC)C2CC2C)N=N1. The smallest absolute Gasteiger partial charge is 0.247 e. The van der Waals surface area contributed by atoms with Crippen LogP contribution in [-0.4, -0.2) is 68.5 Å². The van der Waals surface area contributed by atoms with E-state index < -0.39 is 11.7 Å². The second-order valence-electron chi connectivity index (χ2n) is 9.24. The molecule has 9 nitrogen and oxygen atoms in total. The van der Waals surface area contributed by atoms with E-state index in [-0.39, 0.29) is 24.3 Å². The van der Waals surface area contributed by atoms with Gasteiger partial charge in [0.1, 0.15) is 18.4 Å². The lowest BCUT2D eigenvalue weighted by molar-refractivity contribution is -0.142. The first-order chi connectivity index (χ1) is 17.5. The molecule has 0 aromatic heterocycles. The van der Waals surface area contributed by atoms with Crippen molar-refractivity contribution in [3.05, 3.63) is 29.8 Å². The van der Waals surface area contributed by atoms with Crippen molar-refractivity contribution >= 4 is 11.8 Å². The molecule has 1 heterocycles. The van der Waals surface area contributed by atoms with Crippen molar-refractivity contribution in [3.63, 3.8) is 0 Å². The number of rotatable bonds is 17. The van der Waals surface area contributed by atoms with Crippen molar-refractivity contribution in [1.82, 2.24) is 10.2 Å². The molecule has 3 atom stereocenters. The van der Waals surface area contributed by atoms with Crippen LogP contribution in [0.4, 0.5) is 0 Å². The normalized spacial score (nSPS) is 19.7. The summed E-state index contributed by atoms with van der Waals surface area (Å²) in [6, 6.07) is 6.52. The van der Waals surface area contributed by atoms with Gasteiger partial charge in [0.15, 0.2) is 5.66 Å². The van der Waals surface area contributed by atoms with E-state index in [9.17, 15) is 9.59 Å². The van der Waals surface area contributed by atoms with Gasteiger partial charge in [0, 0.05) is 57.6 Å². The van der Waals surface area contributed by atoms with E-state index in [0.717, 1.165) is 6.42 Å². The molecule has 0 saturated heterocycles. The summed E-state index contributed by atoms with van der Waals surface area (Å²) in [7, 11) is 1.60. The Morgan fingerprint density at radius 1 is 1.25 bits per heavy atom. The number of hydrogen-bond donors (Lipinski definition) is 1. The maximum Gasteiger partial charge on any atom is 0.247 e. The van der Waals surface area contributed by atoms with Crippen LogP contribution in [0.5, 0.6) is 5.75 Å². The van der Waals surface area contributed by atoms with Crippen LogP contribution in [0.15, 0.2) is 34.5 Å². The fourth-order valence-electron chi connectivity index (χ4n) is 4.29. The minimum atomic E-state index is -0.831. The van der Waals surface area contributed by atoms with E-state index in [1.165, 1.54) is 0 Å². The van der Waals surface area contributed by atoms with Gasteiger partial charge in [-0.1, -0.05) is 25.1 Å². The number of benzene rings is 1. The van der Waals surface area contributed by atoms with E-state index in [4.69, 9.17) is 20.6 Å². The number of carbonyl (C=O) groups is 2. The summed E-state index contributed by atoms with van der Waals surface area (Å²) in [5, 5.41) is 11.3. The van der Waals surface area contributed by atoms with Gasteiger partial charge in [-0.05, 0) is 25.3 Å². The summed E-state index contributed by atoms with van der Waals surface area (Å²) in [6.45, 7) is 6.06. The van der Waals surface area contributed by atoms with Crippen molar-refractivity contribution in [3.8, 4) is 18.1 Å². The monoisotopic (exact) mass is 498 g/mol. The van der Waals surface area contributed by atoms with Gasteiger partial charge in [-0.3, -0.25) is 9.59 Å². The Hall–Kier alpha value is -2.96. The lowest BCUT2D eigenvalue weighted by atomic mass is 9.99. The maximum absolute atomic E-state index is 13.7. The Morgan fingerprint density at radius 3 is 2.64 bits per heavy atom. The number of nitrogens with one attached hydrogen (secondary N) is 1. The molecule has 9 heteroatoms. The van der Waals surface area contributed by atoms with Gasteiger partial charge in [-0.2, -0.15) is 10.2 Å². The van der Waals surface area contributed by atoms with Gasteiger partial charge < -0.3 is 24.4 Å². The molecule has 0 spiro atoms. The lowest BCUT2D eigenvalue weighted by Gasteiger charge is -2.33. The van der Waals surface area contributed by atoms with Gasteiger partial charge in [0.25, 0.3) is 0 Å². The second kappa shape index (κ2) is 13.4. The minimum Gasteiger partial charge on any atom is -0.491 e. The fourth-order valence-corrected chi connectivity index (χ4v) is 4.29. The van der Waals surface area contributed by atoms with Gasteiger partial charge in [0.05, 0.1) is 13.2 Å². The summed E-state index contributed by atoms with van der Waals surface area (Å²) in [5.74, 6) is 3.13. The number of carbonyl (C=O) groups excluding carboxylic acids is 2. The zero-order valence-corrected chi connectivity index (χ0v) is 21.6. The lowest BCUT2D eigenvalue weighted by Crippen LogP contribution is -2.46. The molecule has 1 fully saturated rings. The van der Waals surface area contributed by atoms with Crippen LogP contribution in [0.25, 0.3) is 0 Å². The predicted molar refractivity (Wildman–Crippen MR) is 135 cm³/mol. The third-order valence-corrected chi connectivity index (χ3v) is 6.54. The Bertz CT molecular complexity index is 954. The van der Waals surface area contributed by atoms with E-state index in [1.54, 1.807) is 12.0 Å². The van der Waals surface area contributed by atoms with Gasteiger partial charge in [-0.15, -0.1) is 12.3 Å². The molecule has 0 bridgehead atoms. The van der Waals surface area contributed by atoms with Crippen LogP contribution in [0.3, 0.4) is 0 Å². The molecule has 1 saturated carbocycles. The Kier molecular flexibility index (Phi) is 10.3. The number of amides is 2. The Labute approximate surface area is 214 Å². The molecule has 0 radical (unpaired) electrons. The number of methoxy groups -OCH3 is 1. The first kappa shape index (κ1) is 27.6. The minimum absolute atomic E-state index is 0.0260. The Morgan fingerprint density at radius 2 is 2.00 bits per heavy atom. The number of ether oxygens (including phenoxy) is 3. The maximum atomic E-state index is 13.7. The number of para-hydroxylation sites is 1. The van der Waals surface area contributed by atoms with E-state index in [0.29, 0.717) is 69.5 Å². The highest BCUT2D eigenvalue weighted by Crippen LogP contribution is 2.44. The highest BCUT2D eigenvalue weighted by molar-refractivity contribution is 5.90. The predicted octanol–water partition coefficient (Wildman–Crippen LogP) is 3.50. The third-order valence-electron chi connectivity index (χ3n) is 6.54. The zero-order chi connectivity index (χ0) is 26.0. The number of hydrogen-bond acceptors (Lipinski definition) is 7. The van der Waals surface area contributed by atoms with Crippen LogP contribution >= 0.6 is 0 Å². The summed E-state index contributed by atoms with van der Waals surface area (Å²) in [6.07, 6.45) is 8.15. The van der Waals surface area contributed by atoms with Crippen LogP contribution in [0.2, 0.25) is 0 Å². The van der Waals surface area contributed by atoms with Gasteiger partial charge >= 0.3 is 0 Å². The fraction of sp³-hybridized carbons (Fsp3) is 0.630. The molecule has 1 aliphatic carbocycles. The molecular formula is C27H38N4O5. The standard InChI is InChI=1S/C27H38N4O5/c1-5-7-13-27(29-30-27)14-12-24(32)31(22-19-20(22)3)25(26(33)28-15-16-35-6-2)21-10-8-9-11-23(21)36-18-17-34-4/h1,8-11,20,22,25H,6-7,12-19H2,2-4H3,(H,28,33). The molecule has 1 aliphatic heterocycles. The van der Waals surface area contributed by atoms with Crippen LogP contribution < -0.4 is 10.1 Å². The molecule has 3 unspecified atom stereocenters. The largest absolute Gasteiger partial charge is 0.491 e. The van der Waals surface area contributed by atoms with E-state index in [2.05, 4.69) is 28.4 Å². The van der Waals surface area contributed by atoms with Gasteiger partial charge in [0.2, 0.25) is 11.8 Å². The quantitative estimate of drug-likeness (QED) is 0.262. The third kappa shape index (κ3) is 7.52. The second-order valence-corrected chi connectivity index (χ2v) is 9.24. The van der Waals surface area contributed by atoms with Gasteiger partial charge in [-0.25, -0.2) is 0 Å². The molecular weight excluding hydrogens is 460 g/mol. The van der Waals surface area contributed by atoms with Crippen molar-refractivity contribution in [2.45, 2.75) is 63.7 Å². The van der Waals surface area contributed by atoms with Crippen molar-refractivity contribution in [1.29, 1.82) is 0 Å². The molecule has 1 N–H and O–H groups in total. The van der Waals surface area contributed by atoms with E-state index in [1.807, 2.05) is 31.2 Å². The molecule has 3 rings (SSSR count). The average Bonchev–Trinajstić information content (AvgIpc) is 3.81. The van der Waals surface area contributed by atoms with E-state index >= 15 is 0 Å². The summed E-state index contributed by atoms with van der Waals surface area (Å²) in [4.78, 5) is 29.1. The molecule has 36 heavy (non-hydrogen) atoms. The first-order valence-electron chi connectivity index (χ1n) is 12.7. The highest BCUT2D eigenvalue weighted by atomic mass is 16.5. The zero-order valence-electron chi connectivity index (χ0n) is 21.6. The van der Waals surface area contributed by atoms with Crippen LogP contribution in [0, 0.1) is 18.3 Å². The summed E-state index contributed by atoms with van der Waals surface area (Å²) >= 11 is 0. The molecule has 2 aliphatic rings. The van der Waals surface area contributed by atoms with Crippen molar-refractivity contribution in [2.24, 2.45) is 16.1 Å². The van der Waals surface area contributed by atoms with Crippen LogP contribution in [0.1, 0.15) is 57.6 Å². The average molecular weight is 499 g/mol. The summed E-state index contributed by atoms with van der Waals surface area (Å²) in [5.41, 5.74) is 0.0945.